The lowest BCUT2D eigenvalue weighted by Crippen LogP contribution is -2.11. The number of hydrogen-bond acceptors (Lipinski definition) is 4. The highest BCUT2D eigenvalue weighted by Gasteiger charge is 2.22. The first-order valence-electron chi connectivity index (χ1n) is 11.0. The summed E-state index contributed by atoms with van der Waals surface area (Å²) in [5, 5.41) is 0. The maximum absolute atomic E-state index is 14.1. The predicted octanol–water partition coefficient (Wildman–Crippen LogP) is 6.59. The Hall–Kier alpha value is -4.32. The fourth-order valence-corrected chi connectivity index (χ4v) is 4.19. The quantitative estimate of drug-likeness (QED) is 0.220. The number of benzene rings is 4. The van der Waals surface area contributed by atoms with Crippen molar-refractivity contribution < 1.29 is 27.8 Å². The minimum absolute atomic E-state index is 0.129. The Morgan fingerprint density at radius 2 is 1.06 bits per heavy atom. The third kappa shape index (κ3) is 4.43. The fourth-order valence-electron chi connectivity index (χ4n) is 4.19. The summed E-state index contributed by atoms with van der Waals surface area (Å²) in [5.74, 6) is -2.18. The molecule has 4 nitrogen and oxygen atoms in total. The summed E-state index contributed by atoms with van der Waals surface area (Å²) in [4.78, 5) is 24.9. The van der Waals surface area contributed by atoms with Crippen molar-refractivity contribution in [1.82, 2.24) is 0 Å². The van der Waals surface area contributed by atoms with Crippen LogP contribution in [0.15, 0.2) is 72.8 Å². The maximum Gasteiger partial charge on any atom is 0.346 e. The lowest BCUT2D eigenvalue weighted by atomic mass is 10.1. The molecule has 0 saturated carbocycles. The number of carbonyl (C=O) groups is 2. The summed E-state index contributed by atoms with van der Waals surface area (Å²) >= 11 is 0. The van der Waals surface area contributed by atoms with Gasteiger partial charge in [0.05, 0.1) is 11.1 Å². The molecular weight excluding hydrogens is 450 g/mol. The standard InChI is InChI=1S/C29H20F2O4/c1-16-3-7-24(26(30)11-16)28(32)34-20-5-9-22-18(14-20)13-19-15-21(6-10-23(19)22)35-29(33)25-8-4-17(2)12-27(25)31/h3-12,14-15H,13H2,1-2H3. The summed E-state index contributed by atoms with van der Waals surface area (Å²) in [5.41, 5.74) is 4.93. The van der Waals surface area contributed by atoms with Crippen molar-refractivity contribution in [2.24, 2.45) is 0 Å². The molecule has 4 aromatic carbocycles. The molecule has 0 radical (unpaired) electrons. The molecule has 1 aliphatic rings. The largest absolute Gasteiger partial charge is 0.423 e. The molecule has 35 heavy (non-hydrogen) atoms. The summed E-state index contributed by atoms with van der Waals surface area (Å²) in [6.45, 7) is 3.48. The van der Waals surface area contributed by atoms with Crippen LogP contribution in [-0.4, -0.2) is 11.9 Å². The number of aryl methyl sites for hydroxylation is 2. The van der Waals surface area contributed by atoms with E-state index in [9.17, 15) is 18.4 Å². The van der Waals surface area contributed by atoms with Gasteiger partial charge in [-0.15, -0.1) is 0 Å². The number of rotatable bonds is 4. The average Bonchev–Trinajstić information content (AvgIpc) is 3.15. The molecule has 4 aromatic rings. The van der Waals surface area contributed by atoms with Crippen molar-refractivity contribution in [3.63, 3.8) is 0 Å². The lowest BCUT2D eigenvalue weighted by Gasteiger charge is -2.08. The normalized spacial score (nSPS) is 11.5. The van der Waals surface area contributed by atoms with Gasteiger partial charge >= 0.3 is 11.9 Å². The van der Waals surface area contributed by atoms with E-state index < -0.39 is 23.6 Å². The van der Waals surface area contributed by atoms with Crippen molar-refractivity contribution in [3.8, 4) is 22.6 Å². The molecule has 0 aliphatic heterocycles. The monoisotopic (exact) mass is 470 g/mol. The molecule has 0 unspecified atom stereocenters. The van der Waals surface area contributed by atoms with Gasteiger partial charge in [0.1, 0.15) is 23.1 Å². The summed E-state index contributed by atoms with van der Waals surface area (Å²) in [7, 11) is 0. The van der Waals surface area contributed by atoms with Gasteiger partial charge in [-0.05, 0) is 102 Å². The van der Waals surface area contributed by atoms with Crippen LogP contribution >= 0.6 is 0 Å². The Kier molecular flexibility index (Phi) is 5.65. The molecule has 1 aliphatic carbocycles. The van der Waals surface area contributed by atoms with Gasteiger partial charge in [0.15, 0.2) is 0 Å². The molecule has 0 amide bonds. The molecule has 0 spiro atoms. The van der Waals surface area contributed by atoms with Gasteiger partial charge in [0, 0.05) is 0 Å². The van der Waals surface area contributed by atoms with Gasteiger partial charge < -0.3 is 9.47 Å². The number of esters is 2. The van der Waals surface area contributed by atoms with Gasteiger partial charge in [0.25, 0.3) is 0 Å². The Morgan fingerprint density at radius 1 is 0.629 bits per heavy atom. The summed E-state index contributed by atoms with van der Waals surface area (Å²) in [6.07, 6.45) is 0.527. The summed E-state index contributed by atoms with van der Waals surface area (Å²) in [6, 6.07) is 19.2. The van der Waals surface area contributed by atoms with Crippen LogP contribution in [0.4, 0.5) is 8.78 Å². The van der Waals surface area contributed by atoms with Crippen LogP contribution in [0.3, 0.4) is 0 Å². The number of fused-ring (bicyclic) bond motifs is 3. The Morgan fingerprint density at radius 3 is 1.46 bits per heavy atom. The Bertz CT molecular complexity index is 1390. The van der Waals surface area contributed by atoms with Crippen LogP contribution in [0, 0.1) is 25.5 Å². The number of halogens is 2. The Labute approximate surface area is 200 Å². The smallest absolute Gasteiger partial charge is 0.346 e. The SMILES string of the molecule is Cc1ccc(C(=O)Oc2ccc3c(c2)Cc2cc(OC(=O)c4ccc(C)cc4F)ccc2-3)c(F)c1. The molecule has 174 valence electrons. The molecule has 6 heteroatoms. The van der Waals surface area contributed by atoms with Crippen molar-refractivity contribution in [2.75, 3.05) is 0 Å². The molecule has 0 fully saturated rings. The van der Waals surface area contributed by atoms with Crippen molar-refractivity contribution in [3.05, 3.63) is 118 Å². The van der Waals surface area contributed by atoms with Crippen LogP contribution in [0.5, 0.6) is 11.5 Å². The minimum Gasteiger partial charge on any atom is -0.423 e. The molecule has 0 bridgehead atoms. The second kappa shape index (κ2) is 8.80. The average molecular weight is 470 g/mol. The highest BCUT2D eigenvalue weighted by molar-refractivity contribution is 5.92. The molecule has 0 aromatic heterocycles. The van der Waals surface area contributed by atoms with Gasteiger partial charge in [-0.25, -0.2) is 18.4 Å². The molecule has 0 atom stereocenters. The van der Waals surface area contributed by atoms with Crippen molar-refractivity contribution >= 4 is 11.9 Å². The van der Waals surface area contributed by atoms with Crippen LogP contribution in [0.25, 0.3) is 11.1 Å². The van der Waals surface area contributed by atoms with E-state index in [2.05, 4.69) is 0 Å². The first-order chi connectivity index (χ1) is 16.8. The zero-order valence-electron chi connectivity index (χ0n) is 19.0. The summed E-state index contributed by atoms with van der Waals surface area (Å²) < 4.78 is 39.1. The minimum atomic E-state index is -0.768. The van der Waals surface area contributed by atoms with E-state index >= 15 is 0 Å². The lowest BCUT2D eigenvalue weighted by molar-refractivity contribution is 0.0720. The second-order valence-electron chi connectivity index (χ2n) is 8.56. The number of hydrogen-bond donors (Lipinski definition) is 0. The van der Waals surface area contributed by atoms with E-state index in [1.807, 2.05) is 12.1 Å². The third-order valence-corrected chi connectivity index (χ3v) is 5.93. The van der Waals surface area contributed by atoms with Gasteiger partial charge in [0.2, 0.25) is 0 Å². The van der Waals surface area contributed by atoms with Crippen molar-refractivity contribution in [1.29, 1.82) is 0 Å². The number of carbonyl (C=O) groups excluding carboxylic acids is 2. The zero-order chi connectivity index (χ0) is 24.7. The van der Waals surface area contributed by atoms with E-state index in [1.54, 1.807) is 50.2 Å². The molecule has 0 N–H and O–H groups in total. The van der Waals surface area contributed by atoms with Crippen molar-refractivity contribution in [2.45, 2.75) is 20.3 Å². The Balaban J connectivity index is 1.33. The maximum atomic E-state index is 14.1. The van der Waals surface area contributed by atoms with Crippen LogP contribution < -0.4 is 9.47 Å². The number of ether oxygens (including phenoxy) is 2. The molecular formula is C29H20F2O4. The predicted molar refractivity (Wildman–Crippen MR) is 127 cm³/mol. The fraction of sp³-hybridized carbons (Fsp3) is 0.103. The van der Waals surface area contributed by atoms with Gasteiger partial charge in [-0.1, -0.05) is 24.3 Å². The van der Waals surface area contributed by atoms with E-state index in [0.717, 1.165) is 22.3 Å². The van der Waals surface area contributed by atoms with E-state index in [0.29, 0.717) is 29.0 Å². The van der Waals surface area contributed by atoms with E-state index in [-0.39, 0.29) is 11.1 Å². The molecule has 0 heterocycles. The first-order valence-corrected chi connectivity index (χ1v) is 11.0. The van der Waals surface area contributed by atoms with Gasteiger partial charge in [-0.3, -0.25) is 0 Å². The van der Waals surface area contributed by atoms with Crippen LogP contribution in [0.1, 0.15) is 43.0 Å². The molecule has 5 rings (SSSR count). The van der Waals surface area contributed by atoms with E-state index in [1.165, 1.54) is 24.3 Å². The zero-order valence-corrected chi connectivity index (χ0v) is 19.0. The van der Waals surface area contributed by atoms with Crippen LogP contribution in [0.2, 0.25) is 0 Å². The third-order valence-electron chi connectivity index (χ3n) is 5.93. The topological polar surface area (TPSA) is 52.6 Å². The van der Waals surface area contributed by atoms with Gasteiger partial charge in [-0.2, -0.15) is 0 Å². The second-order valence-corrected chi connectivity index (χ2v) is 8.56. The molecule has 0 saturated heterocycles. The first kappa shape index (κ1) is 22.5. The highest BCUT2D eigenvalue weighted by Crippen LogP contribution is 2.40. The highest BCUT2D eigenvalue weighted by atomic mass is 19.1. The van der Waals surface area contributed by atoms with E-state index in [4.69, 9.17) is 9.47 Å². The van der Waals surface area contributed by atoms with Crippen LogP contribution in [-0.2, 0) is 6.42 Å².